The lowest BCUT2D eigenvalue weighted by molar-refractivity contribution is -0.192. The van der Waals surface area contributed by atoms with Crippen molar-refractivity contribution >= 4 is 23.5 Å². The van der Waals surface area contributed by atoms with Crippen LogP contribution in [0.25, 0.3) is 0 Å². The highest BCUT2D eigenvalue weighted by molar-refractivity contribution is 6.25. The molecule has 1 aromatic carbocycles. The summed E-state index contributed by atoms with van der Waals surface area (Å²) in [5.74, 6) is -3.84. The number of rotatable bonds is 1. The average molecular weight is 327 g/mol. The quantitative estimate of drug-likeness (QED) is 0.471. The van der Waals surface area contributed by atoms with E-state index in [1.807, 2.05) is 32.9 Å². The molecule has 2 bridgehead atoms. The van der Waals surface area contributed by atoms with Gasteiger partial charge in [0.05, 0.1) is 17.5 Å². The van der Waals surface area contributed by atoms with Crippen LogP contribution in [0.1, 0.15) is 16.7 Å². The van der Waals surface area contributed by atoms with Crippen molar-refractivity contribution in [3.63, 3.8) is 0 Å². The largest absolute Gasteiger partial charge is 0.455 e. The number of nitrogens with zero attached hydrogens (tertiary/aromatic N) is 1. The molecule has 6 heteroatoms. The Kier molecular flexibility index (Phi) is 2.85. The van der Waals surface area contributed by atoms with Crippen molar-refractivity contribution in [2.45, 2.75) is 32.5 Å². The number of imide groups is 1. The molecule has 3 aliphatic heterocycles. The second kappa shape index (κ2) is 4.54. The Balaban J connectivity index is 1.87. The zero-order valence-electron chi connectivity index (χ0n) is 13.6. The third kappa shape index (κ3) is 1.66. The summed E-state index contributed by atoms with van der Waals surface area (Å²) in [5.41, 5.74) is 1.09. The van der Waals surface area contributed by atoms with Gasteiger partial charge in [-0.05, 0) is 44.1 Å². The van der Waals surface area contributed by atoms with Crippen molar-refractivity contribution in [1.29, 1.82) is 0 Å². The van der Waals surface area contributed by atoms with Gasteiger partial charge in [0.1, 0.15) is 6.10 Å². The maximum atomic E-state index is 13.0. The second-order valence-corrected chi connectivity index (χ2v) is 6.82. The molecule has 2 amide bonds. The second-order valence-electron chi connectivity index (χ2n) is 6.82. The summed E-state index contributed by atoms with van der Waals surface area (Å²) < 4.78 is 5.11. The normalized spacial score (nSPS) is 33.9. The van der Waals surface area contributed by atoms with Gasteiger partial charge in [0.15, 0.2) is 5.60 Å². The standard InChI is InChI=1S/C18H17NO5/c1-8-6-9(2)14(10(3)7-8)19-15(20)12-11-4-5-18(23,17(22)24-11)13(12)16(19)21/h4-7,11-13,23H,1-3H3. The summed E-state index contributed by atoms with van der Waals surface area (Å²) in [4.78, 5) is 39.0. The van der Waals surface area contributed by atoms with E-state index in [9.17, 15) is 19.5 Å². The Morgan fingerprint density at radius 2 is 1.71 bits per heavy atom. The third-order valence-corrected chi connectivity index (χ3v) is 5.15. The molecule has 124 valence electrons. The number of fused-ring (bicyclic) bond motifs is 1. The molecular formula is C18H17NO5. The maximum absolute atomic E-state index is 13.0. The number of esters is 1. The number of aryl methyl sites for hydroxylation is 3. The minimum absolute atomic E-state index is 0.430. The zero-order valence-corrected chi connectivity index (χ0v) is 13.6. The number of amides is 2. The van der Waals surface area contributed by atoms with Crippen LogP contribution in [0.2, 0.25) is 0 Å². The summed E-state index contributed by atoms with van der Waals surface area (Å²) in [5, 5.41) is 10.6. The summed E-state index contributed by atoms with van der Waals surface area (Å²) >= 11 is 0. The van der Waals surface area contributed by atoms with E-state index in [2.05, 4.69) is 0 Å². The number of carbonyl (C=O) groups is 3. The van der Waals surface area contributed by atoms with E-state index < -0.39 is 41.3 Å². The van der Waals surface area contributed by atoms with Crippen molar-refractivity contribution in [2.24, 2.45) is 11.8 Å². The molecule has 4 aliphatic rings. The van der Waals surface area contributed by atoms with Crippen LogP contribution in [-0.4, -0.2) is 34.6 Å². The molecule has 1 aromatic rings. The number of hydrogen-bond donors (Lipinski definition) is 1. The van der Waals surface area contributed by atoms with Crippen molar-refractivity contribution in [3.8, 4) is 0 Å². The lowest BCUT2D eigenvalue weighted by atomic mass is 9.70. The Labute approximate surface area is 138 Å². The molecule has 0 spiro atoms. The highest BCUT2D eigenvalue weighted by atomic mass is 16.6. The molecular weight excluding hydrogens is 310 g/mol. The smallest absolute Gasteiger partial charge is 0.343 e. The van der Waals surface area contributed by atoms with Gasteiger partial charge in [-0.2, -0.15) is 0 Å². The first-order valence-corrected chi connectivity index (χ1v) is 7.84. The number of aliphatic hydroxyl groups is 1. The van der Waals surface area contributed by atoms with Crippen molar-refractivity contribution in [2.75, 3.05) is 4.90 Å². The van der Waals surface area contributed by atoms with E-state index in [1.165, 1.54) is 12.2 Å². The lowest BCUT2D eigenvalue weighted by Gasteiger charge is -2.42. The van der Waals surface area contributed by atoms with Gasteiger partial charge in [-0.25, -0.2) is 9.69 Å². The Morgan fingerprint density at radius 3 is 2.29 bits per heavy atom. The first-order chi connectivity index (χ1) is 11.3. The number of benzene rings is 1. The molecule has 4 unspecified atom stereocenters. The van der Waals surface area contributed by atoms with E-state index in [-0.39, 0.29) is 0 Å². The molecule has 5 rings (SSSR count). The predicted molar refractivity (Wildman–Crippen MR) is 84.1 cm³/mol. The number of ether oxygens (including phenoxy) is 1. The van der Waals surface area contributed by atoms with Gasteiger partial charge >= 0.3 is 5.97 Å². The van der Waals surface area contributed by atoms with Gasteiger partial charge in [-0.15, -0.1) is 0 Å². The SMILES string of the molecule is Cc1cc(C)c(N2C(=O)C3C4C=CC(O)(C(=O)O4)C3C2=O)c(C)c1. The van der Waals surface area contributed by atoms with E-state index in [0.717, 1.165) is 21.6 Å². The zero-order chi connectivity index (χ0) is 17.4. The van der Waals surface area contributed by atoms with Crippen LogP contribution in [0.5, 0.6) is 0 Å². The lowest BCUT2D eigenvalue weighted by Crippen LogP contribution is -2.60. The molecule has 1 aliphatic carbocycles. The molecule has 2 fully saturated rings. The number of hydrogen-bond acceptors (Lipinski definition) is 5. The van der Waals surface area contributed by atoms with Crippen LogP contribution in [-0.2, 0) is 19.1 Å². The van der Waals surface area contributed by atoms with Crippen LogP contribution in [0.15, 0.2) is 24.3 Å². The summed E-state index contributed by atoms with van der Waals surface area (Å²) in [6.45, 7) is 5.61. The van der Waals surface area contributed by atoms with Crippen LogP contribution < -0.4 is 4.90 Å². The van der Waals surface area contributed by atoms with E-state index in [4.69, 9.17) is 4.74 Å². The highest BCUT2D eigenvalue weighted by Crippen LogP contribution is 2.48. The van der Waals surface area contributed by atoms with Crippen LogP contribution in [0.3, 0.4) is 0 Å². The first-order valence-electron chi connectivity index (χ1n) is 7.84. The molecule has 0 saturated carbocycles. The Bertz CT molecular complexity index is 819. The fourth-order valence-electron chi connectivity index (χ4n) is 4.22. The molecule has 24 heavy (non-hydrogen) atoms. The summed E-state index contributed by atoms with van der Waals surface area (Å²) in [6.07, 6.45) is 1.98. The molecule has 4 atom stereocenters. The van der Waals surface area contributed by atoms with Gasteiger partial charge in [0.25, 0.3) is 0 Å². The monoisotopic (exact) mass is 327 g/mol. The van der Waals surface area contributed by atoms with Gasteiger partial charge in [-0.1, -0.05) is 17.7 Å². The fourth-order valence-corrected chi connectivity index (χ4v) is 4.22. The van der Waals surface area contributed by atoms with Crippen LogP contribution in [0, 0.1) is 32.6 Å². The molecule has 1 N–H and O–H groups in total. The Hall–Kier alpha value is -2.47. The maximum Gasteiger partial charge on any atom is 0.343 e. The van der Waals surface area contributed by atoms with Gasteiger partial charge in [-0.3, -0.25) is 9.59 Å². The van der Waals surface area contributed by atoms with Gasteiger partial charge in [0.2, 0.25) is 11.8 Å². The van der Waals surface area contributed by atoms with E-state index >= 15 is 0 Å². The molecule has 2 saturated heterocycles. The summed E-state index contributed by atoms with van der Waals surface area (Å²) in [6, 6.07) is 3.79. The Morgan fingerprint density at radius 1 is 1.08 bits per heavy atom. The predicted octanol–water partition coefficient (Wildman–Crippen LogP) is 0.944. The number of anilines is 1. The third-order valence-electron chi connectivity index (χ3n) is 5.15. The molecule has 3 heterocycles. The van der Waals surface area contributed by atoms with Gasteiger partial charge < -0.3 is 9.84 Å². The fraction of sp³-hybridized carbons (Fsp3) is 0.389. The van der Waals surface area contributed by atoms with Crippen LogP contribution in [0.4, 0.5) is 5.69 Å². The summed E-state index contributed by atoms with van der Waals surface area (Å²) in [7, 11) is 0. The minimum Gasteiger partial charge on any atom is -0.455 e. The molecule has 0 radical (unpaired) electrons. The number of carbonyl (C=O) groups excluding carboxylic acids is 3. The molecule has 0 aromatic heterocycles. The van der Waals surface area contributed by atoms with Gasteiger partial charge in [0, 0.05) is 0 Å². The topological polar surface area (TPSA) is 83.9 Å². The highest BCUT2D eigenvalue weighted by Gasteiger charge is 2.68. The average Bonchev–Trinajstić information content (AvgIpc) is 2.75. The van der Waals surface area contributed by atoms with Crippen molar-refractivity contribution < 1.29 is 24.2 Å². The van der Waals surface area contributed by atoms with E-state index in [1.54, 1.807) is 0 Å². The first kappa shape index (κ1) is 15.1. The van der Waals surface area contributed by atoms with Crippen molar-refractivity contribution in [1.82, 2.24) is 0 Å². The molecule has 6 nitrogen and oxygen atoms in total. The van der Waals surface area contributed by atoms with Crippen LogP contribution >= 0.6 is 0 Å². The van der Waals surface area contributed by atoms with Crippen molar-refractivity contribution in [3.05, 3.63) is 41.0 Å². The van der Waals surface area contributed by atoms with E-state index in [0.29, 0.717) is 5.69 Å². The minimum atomic E-state index is -2.06.